The number of fused-ring (bicyclic) bond motifs is 1. The topological polar surface area (TPSA) is 133 Å². The van der Waals surface area contributed by atoms with Gasteiger partial charge in [0.15, 0.2) is 17.3 Å². The van der Waals surface area contributed by atoms with E-state index in [2.05, 4.69) is 42.2 Å². The van der Waals surface area contributed by atoms with Crippen LogP contribution in [0.1, 0.15) is 57.3 Å². The third kappa shape index (κ3) is 4.35. The van der Waals surface area contributed by atoms with E-state index in [1.807, 2.05) is 25.5 Å². The highest BCUT2D eigenvalue weighted by molar-refractivity contribution is 5.97. The molecule has 1 aliphatic rings. The zero-order valence-electron chi connectivity index (χ0n) is 19.0. The summed E-state index contributed by atoms with van der Waals surface area (Å²) in [5.41, 5.74) is 8.01. The normalized spacial score (nSPS) is 15.5. The number of aryl methyl sites for hydroxylation is 1. The van der Waals surface area contributed by atoms with Crippen LogP contribution in [0.4, 0.5) is 10.2 Å². The Bertz CT molecular complexity index is 1220. The van der Waals surface area contributed by atoms with Crippen molar-refractivity contribution < 1.29 is 14.0 Å². The summed E-state index contributed by atoms with van der Waals surface area (Å²) in [4.78, 5) is 32.8. The number of nitrogens with one attached hydrogen (secondary N) is 1. The smallest absolute Gasteiger partial charge is 0.323 e. The first-order valence-electron chi connectivity index (χ1n) is 10.9. The maximum atomic E-state index is 14.2. The first kappa shape index (κ1) is 22.6. The highest BCUT2D eigenvalue weighted by atomic mass is 19.1. The maximum absolute atomic E-state index is 14.2. The van der Waals surface area contributed by atoms with Crippen molar-refractivity contribution in [2.24, 2.45) is 23.9 Å². The van der Waals surface area contributed by atoms with Gasteiger partial charge in [-0.25, -0.2) is 24.3 Å². The number of hydrogen-bond acceptors (Lipinski definition) is 8. The minimum Gasteiger partial charge on any atom is -0.378 e. The zero-order chi connectivity index (χ0) is 23.7. The first-order chi connectivity index (χ1) is 15.8. The van der Waals surface area contributed by atoms with Crippen LogP contribution in [0.5, 0.6) is 0 Å². The van der Waals surface area contributed by atoms with Crippen molar-refractivity contribution in [3.8, 4) is 11.5 Å². The number of nitrogens with zero attached hydrogens (tertiary/aromatic N) is 6. The van der Waals surface area contributed by atoms with Crippen LogP contribution in [0.2, 0.25) is 0 Å². The summed E-state index contributed by atoms with van der Waals surface area (Å²) in [6.45, 7) is 6.11. The standard InChI is InChI=1S/C22H27FN8O2/c1-11(2)14-8-16(25-9-15(14)23)22-29-20-17(31(22)4)19(26-12(3)13-6-5-7-13)27-21(28-20)18(24)30-33-10-32/h8-13H,5-7H2,1-4H3,(H2,24,30)(H,26,27,28). The first-order valence-corrected chi connectivity index (χ1v) is 10.9. The number of carbonyl (C=O) groups excluding carboxylic acids is 1. The second kappa shape index (κ2) is 9.08. The summed E-state index contributed by atoms with van der Waals surface area (Å²) in [5.74, 6) is 1.14. The maximum Gasteiger partial charge on any atom is 0.323 e. The van der Waals surface area contributed by atoms with Crippen LogP contribution in [-0.4, -0.2) is 42.9 Å². The minimum absolute atomic E-state index is 0.0118. The molecule has 0 aromatic carbocycles. The van der Waals surface area contributed by atoms with Crippen molar-refractivity contribution in [3.05, 3.63) is 29.5 Å². The van der Waals surface area contributed by atoms with E-state index >= 15 is 0 Å². The molecule has 0 aliphatic heterocycles. The van der Waals surface area contributed by atoms with Gasteiger partial charge in [-0.2, -0.15) is 0 Å². The lowest BCUT2D eigenvalue weighted by molar-refractivity contribution is -0.128. The van der Waals surface area contributed by atoms with Crippen molar-refractivity contribution >= 4 is 29.3 Å². The minimum atomic E-state index is -0.356. The molecule has 3 aromatic rings. The quantitative estimate of drug-likeness (QED) is 0.174. The second-order valence-electron chi connectivity index (χ2n) is 8.61. The van der Waals surface area contributed by atoms with Gasteiger partial charge in [-0.3, -0.25) is 4.79 Å². The Kier molecular flexibility index (Phi) is 6.21. The molecule has 0 bridgehead atoms. The fourth-order valence-electron chi connectivity index (χ4n) is 3.97. The fraction of sp³-hybridized carbons (Fsp3) is 0.455. The Labute approximate surface area is 190 Å². The van der Waals surface area contributed by atoms with Gasteiger partial charge in [-0.1, -0.05) is 25.4 Å². The van der Waals surface area contributed by atoms with Gasteiger partial charge in [-0.05, 0) is 43.2 Å². The Morgan fingerprint density at radius 2 is 2.09 bits per heavy atom. The van der Waals surface area contributed by atoms with Crippen LogP contribution < -0.4 is 11.1 Å². The number of nitrogens with two attached hydrogens (primary N) is 1. The van der Waals surface area contributed by atoms with Crippen LogP contribution in [0.25, 0.3) is 22.7 Å². The summed E-state index contributed by atoms with van der Waals surface area (Å²) >= 11 is 0. The molecule has 3 aromatic heterocycles. The molecule has 1 atom stereocenters. The van der Waals surface area contributed by atoms with Gasteiger partial charge in [-0.15, -0.1) is 0 Å². The molecule has 1 saturated carbocycles. The average molecular weight is 455 g/mol. The van der Waals surface area contributed by atoms with E-state index in [0.717, 1.165) is 12.8 Å². The number of aromatic nitrogens is 5. The number of hydrogen-bond donors (Lipinski definition) is 2. The van der Waals surface area contributed by atoms with Gasteiger partial charge in [0.1, 0.15) is 17.0 Å². The van der Waals surface area contributed by atoms with E-state index < -0.39 is 0 Å². The third-order valence-corrected chi connectivity index (χ3v) is 6.11. The van der Waals surface area contributed by atoms with E-state index in [1.54, 1.807) is 6.07 Å². The molecule has 1 unspecified atom stereocenters. The molecule has 0 radical (unpaired) electrons. The van der Waals surface area contributed by atoms with E-state index in [1.165, 1.54) is 12.6 Å². The SMILES string of the molecule is CC(C)c1cc(-c2nc3nc(/C(N)=N/OC=O)nc(NC(C)C4CCC4)c3n2C)ncc1F. The number of halogens is 1. The zero-order valence-corrected chi connectivity index (χ0v) is 19.0. The van der Waals surface area contributed by atoms with Crippen molar-refractivity contribution in [1.29, 1.82) is 0 Å². The van der Waals surface area contributed by atoms with E-state index in [4.69, 9.17) is 5.73 Å². The Morgan fingerprint density at radius 3 is 2.73 bits per heavy atom. The van der Waals surface area contributed by atoms with Gasteiger partial charge in [0, 0.05) is 13.1 Å². The van der Waals surface area contributed by atoms with Crippen LogP contribution >= 0.6 is 0 Å². The molecule has 10 nitrogen and oxygen atoms in total. The second-order valence-corrected chi connectivity index (χ2v) is 8.61. The number of amidine groups is 1. The van der Waals surface area contributed by atoms with Gasteiger partial charge < -0.3 is 20.5 Å². The van der Waals surface area contributed by atoms with Gasteiger partial charge >= 0.3 is 6.47 Å². The highest BCUT2D eigenvalue weighted by Gasteiger charge is 2.27. The third-order valence-electron chi connectivity index (χ3n) is 6.11. The Balaban J connectivity index is 1.86. The van der Waals surface area contributed by atoms with Gasteiger partial charge in [0.2, 0.25) is 11.7 Å². The molecule has 174 valence electrons. The van der Waals surface area contributed by atoms with Gasteiger partial charge in [0.25, 0.3) is 0 Å². The molecule has 0 amide bonds. The average Bonchev–Trinajstić information content (AvgIpc) is 3.07. The molecule has 0 spiro atoms. The van der Waals surface area contributed by atoms with Crippen LogP contribution in [0, 0.1) is 11.7 Å². The summed E-state index contributed by atoms with van der Waals surface area (Å²) in [5, 5.41) is 6.98. The van der Waals surface area contributed by atoms with Crippen LogP contribution in [-0.2, 0) is 16.7 Å². The number of carbonyl (C=O) groups is 1. The highest BCUT2D eigenvalue weighted by Crippen LogP contribution is 2.33. The predicted octanol–water partition coefficient (Wildman–Crippen LogP) is 3.08. The molecule has 11 heteroatoms. The monoisotopic (exact) mass is 454 g/mol. The van der Waals surface area contributed by atoms with E-state index in [-0.39, 0.29) is 35.9 Å². The summed E-state index contributed by atoms with van der Waals surface area (Å²) in [7, 11) is 1.83. The summed E-state index contributed by atoms with van der Waals surface area (Å²) in [6, 6.07) is 1.87. The van der Waals surface area contributed by atoms with Gasteiger partial charge in [0.05, 0.1) is 6.20 Å². The van der Waals surface area contributed by atoms with Crippen molar-refractivity contribution in [3.63, 3.8) is 0 Å². The van der Waals surface area contributed by atoms with E-state index in [9.17, 15) is 9.18 Å². The molecule has 33 heavy (non-hydrogen) atoms. The number of rotatable bonds is 8. The molecule has 3 heterocycles. The summed E-state index contributed by atoms with van der Waals surface area (Å²) < 4.78 is 16.0. The van der Waals surface area contributed by atoms with Crippen LogP contribution in [0.3, 0.4) is 0 Å². The molecule has 1 aliphatic carbocycles. The Hall–Kier alpha value is -3.63. The number of pyridine rings is 1. The lowest BCUT2D eigenvalue weighted by Crippen LogP contribution is -2.31. The van der Waals surface area contributed by atoms with Crippen LogP contribution in [0.15, 0.2) is 17.4 Å². The Morgan fingerprint density at radius 1 is 1.33 bits per heavy atom. The molecule has 1 fully saturated rings. The lowest BCUT2D eigenvalue weighted by atomic mass is 9.80. The molecular weight excluding hydrogens is 427 g/mol. The number of imidazole rings is 1. The molecular formula is C22H27FN8O2. The van der Waals surface area contributed by atoms with Crippen molar-refractivity contribution in [1.82, 2.24) is 24.5 Å². The summed E-state index contributed by atoms with van der Waals surface area (Å²) in [6.07, 6.45) is 4.73. The molecule has 0 saturated heterocycles. The molecule has 4 rings (SSSR count). The number of anilines is 1. The van der Waals surface area contributed by atoms with Crippen molar-refractivity contribution in [2.75, 3.05) is 5.32 Å². The van der Waals surface area contributed by atoms with E-state index in [0.29, 0.717) is 40.0 Å². The largest absolute Gasteiger partial charge is 0.378 e. The lowest BCUT2D eigenvalue weighted by Gasteiger charge is -2.32. The fourth-order valence-corrected chi connectivity index (χ4v) is 3.97. The number of oxime groups is 1. The predicted molar refractivity (Wildman–Crippen MR) is 122 cm³/mol. The van der Waals surface area contributed by atoms with Crippen molar-refractivity contribution in [2.45, 2.75) is 52.0 Å². The molecule has 3 N–H and O–H groups in total.